The molecule has 2 saturated heterocycles. The molecule has 0 amide bonds. The number of nitrogens with zero attached hydrogens (tertiary/aromatic N) is 2. The van der Waals surface area contributed by atoms with Crippen molar-refractivity contribution >= 4 is 5.96 Å². The molecule has 0 radical (unpaired) electrons. The zero-order chi connectivity index (χ0) is 20.4. The molecule has 0 saturated carbocycles. The zero-order valence-corrected chi connectivity index (χ0v) is 18.2. The SMILES string of the molecule is CCNC(=NCC1(c2ccc(OC)cc2)CCOCC1)NCCN1CCCCC1. The van der Waals surface area contributed by atoms with Crippen molar-refractivity contribution in [3.8, 4) is 5.75 Å². The van der Waals surface area contributed by atoms with Crippen molar-refractivity contribution in [2.24, 2.45) is 4.99 Å². The molecular weight excluding hydrogens is 364 g/mol. The van der Waals surface area contributed by atoms with Gasteiger partial charge in [-0.1, -0.05) is 18.6 Å². The standard InChI is InChI=1S/C23H38N4O2/c1-3-24-22(25-13-16-27-14-5-4-6-15-27)26-19-23(11-17-29-18-12-23)20-7-9-21(28-2)10-8-20/h7-10H,3-6,11-19H2,1-2H3,(H2,24,25,26). The van der Waals surface area contributed by atoms with E-state index in [1.54, 1.807) is 7.11 Å². The number of likely N-dealkylation sites (tertiary alicyclic amines) is 1. The first-order valence-electron chi connectivity index (χ1n) is 11.2. The number of hydrogen-bond donors (Lipinski definition) is 2. The molecule has 2 aliphatic heterocycles. The van der Waals surface area contributed by atoms with Gasteiger partial charge in [0.2, 0.25) is 0 Å². The van der Waals surface area contributed by atoms with Gasteiger partial charge < -0.3 is 25.0 Å². The Hall–Kier alpha value is -1.79. The molecule has 2 N–H and O–H groups in total. The predicted octanol–water partition coefficient (Wildman–Crippen LogP) is 2.78. The van der Waals surface area contributed by atoms with E-state index in [0.717, 1.165) is 63.9 Å². The molecule has 2 heterocycles. The summed E-state index contributed by atoms with van der Waals surface area (Å²) in [6.07, 6.45) is 6.04. The fraction of sp³-hybridized carbons (Fsp3) is 0.696. The van der Waals surface area contributed by atoms with Crippen LogP contribution < -0.4 is 15.4 Å². The van der Waals surface area contributed by atoms with Gasteiger partial charge in [-0.15, -0.1) is 0 Å². The minimum absolute atomic E-state index is 0.0275. The maximum absolute atomic E-state index is 5.67. The van der Waals surface area contributed by atoms with Gasteiger partial charge in [-0.2, -0.15) is 0 Å². The maximum Gasteiger partial charge on any atom is 0.191 e. The molecule has 0 bridgehead atoms. The highest BCUT2D eigenvalue weighted by Crippen LogP contribution is 2.36. The Kier molecular flexibility index (Phi) is 8.62. The number of piperidine rings is 1. The molecular formula is C23H38N4O2. The average molecular weight is 403 g/mol. The van der Waals surface area contributed by atoms with Crippen LogP contribution in [0.2, 0.25) is 0 Å². The second-order valence-corrected chi connectivity index (χ2v) is 8.15. The van der Waals surface area contributed by atoms with Crippen molar-refractivity contribution in [2.75, 3.05) is 59.6 Å². The van der Waals surface area contributed by atoms with Gasteiger partial charge in [0.05, 0.1) is 13.7 Å². The number of benzene rings is 1. The van der Waals surface area contributed by atoms with Crippen LogP contribution in [0.1, 0.15) is 44.6 Å². The topological polar surface area (TPSA) is 58.1 Å². The fourth-order valence-corrected chi connectivity index (χ4v) is 4.33. The lowest BCUT2D eigenvalue weighted by molar-refractivity contribution is 0.0531. The zero-order valence-electron chi connectivity index (χ0n) is 18.2. The molecule has 6 nitrogen and oxygen atoms in total. The van der Waals surface area contributed by atoms with Crippen LogP contribution in [-0.2, 0) is 10.2 Å². The highest BCUT2D eigenvalue weighted by molar-refractivity contribution is 5.79. The third-order valence-electron chi connectivity index (χ3n) is 6.21. The molecule has 0 unspecified atom stereocenters. The van der Waals surface area contributed by atoms with E-state index in [1.807, 2.05) is 0 Å². The largest absolute Gasteiger partial charge is 0.497 e. The van der Waals surface area contributed by atoms with Crippen molar-refractivity contribution in [1.82, 2.24) is 15.5 Å². The minimum Gasteiger partial charge on any atom is -0.497 e. The lowest BCUT2D eigenvalue weighted by atomic mass is 9.74. The third-order valence-corrected chi connectivity index (χ3v) is 6.21. The Morgan fingerprint density at radius 1 is 1.10 bits per heavy atom. The summed E-state index contributed by atoms with van der Waals surface area (Å²) < 4.78 is 11.0. The third kappa shape index (κ3) is 6.34. The maximum atomic E-state index is 5.67. The number of aliphatic imine (C=N–C) groups is 1. The smallest absolute Gasteiger partial charge is 0.191 e. The summed E-state index contributed by atoms with van der Waals surface area (Å²) in [5, 5.41) is 6.96. The average Bonchev–Trinajstić information content (AvgIpc) is 2.79. The van der Waals surface area contributed by atoms with Crippen LogP contribution in [-0.4, -0.2) is 70.5 Å². The summed E-state index contributed by atoms with van der Waals surface area (Å²) in [6.45, 7) is 9.82. The molecule has 6 heteroatoms. The van der Waals surface area contributed by atoms with E-state index in [1.165, 1.54) is 37.9 Å². The lowest BCUT2D eigenvalue weighted by Crippen LogP contribution is -2.44. The first-order valence-corrected chi connectivity index (χ1v) is 11.2. The number of guanidine groups is 1. The van der Waals surface area contributed by atoms with E-state index >= 15 is 0 Å². The van der Waals surface area contributed by atoms with Gasteiger partial charge in [0.15, 0.2) is 5.96 Å². The number of nitrogens with one attached hydrogen (secondary N) is 2. The fourth-order valence-electron chi connectivity index (χ4n) is 4.33. The van der Waals surface area contributed by atoms with Crippen molar-refractivity contribution in [3.05, 3.63) is 29.8 Å². The summed E-state index contributed by atoms with van der Waals surface area (Å²) in [6, 6.07) is 8.49. The monoisotopic (exact) mass is 402 g/mol. The molecule has 3 rings (SSSR count). The molecule has 162 valence electrons. The Labute approximate surface area is 176 Å². The van der Waals surface area contributed by atoms with E-state index in [9.17, 15) is 0 Å². The first-order chi connectivity index (χ1) is 14.3. The molecule has 0 aliphatic carbocycles. The summed E-state index contributed by atoms with van der Waals surface area (Å²) in [4.78, 5) is 7.55. The van der Waals surface area contributed by atoms with Crippen molar-refractivity contribution < 1.29 is 9.47 Å². The second kappa shape index (κ2) is 11.4. The van der Waals surface area contributed by atoms with Gasteiger partial charge >= 0.3 is 0 Å². The minimum atomic E-state index is 0.0275. The van der Waals surface area contributed by atoms with Gasteiger partial charge in [0, 0.05) is 38.3 Å². The van der Waals surface area contributed by atoms with E-state index in [2.05, 4.69) is 46.7 Å². The van der Waals surface area contributed by atoms with Crippen LogP contribution in [0, 0.1) is 0 Å². The van der Waals surface area contributed by atoms with E-state index < -0.39 is 0 Å². The normalized spacial score (nSPS) is 20.3. The summed E-state index contributed by atoms with van der Waals surface area (Å²) in [7, 11) is 1.71. The summed E-state index contributed by atoms with van der Waals surface area (Å²) in [5.74, 6) is 1.82. The van der Waals surface area contributed by atoms with Crippen molar-refractivity contribution in [1.29, 1.82) is 0 Å². The molecule has 0 spiro atoms. The van der Waals surface area contributed by atoms with Crippen molar-refractivity contribution in [2.45, 2.75) is 44.4 Å². The van der Waals surface area contributed by atoms with E-state index in [4.69, 9.17) is 14.5 Å². The van der Waals surface area contributed by atoms with Crippen LogP contribution in [0.5, 0.6) is 5.75 Å². The predicted molar refractivity (Wildman–Crippen MR) is 119 cm³/mol. The number of ether oxygens (including phenoxy) is 2. The van der Waals surface area contributed by atoms with Gasteiger partial charge in [-0.05, 0) is 63.4 Å². The van der Waals surface area contributed by atoms with Crippen LogP contribution in [0.3, 0.4) is 0 Å². The van der Waals surface area contributed by atoms with Crippen LogP contribution in [0.15, 0.2) is 29.3 Å². The molecule has 1 aromatic rings. The Balaban J connectivity index is 1.64. The molecule has 2 aliphatic rings. The van der Waals surface area contributed by atoms with Crippen LogP contribution >= 0.6 is 0 Å². The molecule has 0 atom stereocenters. The van der Waals surface area contributed by atoms with E-state index in [-0.39, 0.29) is 5.41 Å². The molecule has 29 heavy (non-hydrogen) atoms. The molecule has 2 fully saturated rings. The highest BCUT2D eigenvalue weighted by atomic mass is 16.5. The number of methoxy groups -OCH3 is 1. The van der Waals surface area contributed by atoms with Gasteiger partial charge in [0.25, 0.3) is 0 Å². The first kappa shape index (κ1) is 21.9. The number of hydrogen-bond acceptors (Lipinski definition) is 4. The van der Waals surface area contributed by atoms with Gasteiger partial charge in [0.1, 0.15) is 5.75 Å². The Morgan fingerprint density at radius 2 is 1.83 bits per heavy atom. The molecule has 1 aromatic carbocycles. The Morgan fingerprint density at radius 3 is 2.48 bits per heavy atom. The highest BCUT2D eigenvalue weighted by Gasteiger charge is 2.34. The quantitative estimate of drug-likeness (QED) is 0.517. The van der Waals surface area contributed by atoms with Gasteiger partial charge in [-0.3, -0.25) is 4.99 Å². The van der Waals surface area contributed by atoms with E-state index in [0.29, 0.717) is 0 Å². The number of rotatable bonds is 8. The second-order valence-electron chi connectivity index (χ2n) is 8.15. The summed E-state index contributed by atoms with van der Waals surface area (Å²) in [5.41, 5.74) is 1.36. The van der Waals surface area contributed by atoms with Crippen LogP contribution in [0.25, 0.3) is 0 Å². The Bertz CT molecular complexity index is 620. The van der Waals surface area contributed by atoms with Gasteiger partial charge in [-0.25, -0.2) is 0 Å². The molecule has 0 aromatic heterocycles. The lowest BCUT2D eigenvalue weighted by Gasteiger charge is -2.36. The van der Waals surface area contributed by atoms with Crippen molar-refractivity contribution in [3.63, 3.8) is 0 Å². The summed E-state index contributed by atoms with van der Waals surface area (Å²) >= 11 is 0. The van der Waals surface area contributed by atoms with Crippen LogP contribution in [0.4, 0.5) is 0 Å².